The normalized spacial score (nSPS) is 17.9. The molecule has 2 N–H and O–H groups in total. The second kappa shape index (κ2) is 6.05. The van der Waals surface area contributed by atoms with Crippen molar-refractivity contribution in [2.75, 3.05) is 11.9 Å². The van der Waals surface area contributed by atoms with E-state index < -0.39 is 0 Å². The van der Waals surface area contributed by atoms with Crippen LogP contribution in [-0.2, 0) is 4.79 Å². The first kappa shape index (κ1) is 13.8. The summed E-state index contributed by atoms with van der Waals surface area (Å²) in [6, 6.07) is 5.97. The second-order valence-electron chi connectivity index (χ2n) is 5.32. The number of carbonyl (C=O) groups excluding carboxylic acids is 1. The highest BCUT2D eigenvalue weighted by Crippen LogP contribution is 2.23. The molecule has 0 saturated carbocycles. The minimum absolute atomic E-state index is 0.0445. The SMILES string of the molecule is Cc1cc(-c2nnco2)ccc1NC(=O)CC1CCCN1. The Morgan fingerprint density at radius 3 is 3.10 bits per heavy atom. The minimum atomic E-state index is 0.0445. The molecule has 1 aliphatic rings. The zero-order valence-corrected chi connectivity index (χ0v) is 11.9. The smallest absolute Gasteiger partial charge is 0.247 e. The first-order chi connectivity index (χ1) is 10.2. The van der Waals surface area contributed by atoms with E-state index in [-0.39, 0.29) is 5.91 Å². The molecule has 1 aliphatic heterocycles. The molecule has 0 radical (unpaired) electrons. The lowest BCUT2D eigenvalue weighted by molar-refractivity contribution is -0.116. The molecule has 6 heteroatoms. The van der Waals surface area contributed by atoms with Gasteiger partial charge < -0.3 is 15.1 Å². The Kier molecular flexibility index (Phi) is 3.96. The lowest BCUT2D eigenvalue weighted by Gasteiger charge is -2.12. The average molecular weight is 286 g/mol. The van der Waals surface area contributed by atoms with Gasteiger partial charge in [-0.3, -0.25) is 4.79 Å². The van der Waals surface area contributed by atoms with E-state index in [1.807, 2.05) is 25.1 Å². The summed E-state index contributed by atoms with van der Waals surface area (Å²) in [6.45, 7) is 2.96. The summed E-state index contributed by atoms with van der Waals surface area (Å²) in [5.74, 6) is 0.522. The average Bonchev–Trinajstić information content (AvgIpc) is 3.13. The van der Waals surface area contributed by atoms with Gasteiger partial charge in [0.1, 0.15) is 0 Å². The van der Waals surface area contributed by atoms with E-state index in [0.29, 0.717) is 18.4 Å². The van der Waals surface area contributed by atoms with Crippen molar-refractivity contribution in [1.82, 2.24) is 15.5 Å². The van der Waals surface area contributed by atoms with E-state index in [2.05, 4.69) is 20.8 Å². The molecule has 1 aromatic carbocycles. The largest absolute Gasteiger partial charge is 0.423 e. The van der Waals surface area contributed by atoms with Crippen LogP contribution in [0.5, 0.6) is 0 Å². The number of carbonyl (C=O) groups is 1. The van der Waals surface area contributed by atoms with Crippen molar-refractivity contribution in [2.45, 2.75) is 32.2 Å². The van der Waals surface area contributed by atoms with Gasteiger partial charge in [-0.25, -0.2) is 0 Å². The van der Waals surface area contributed by atoms with Crippen molar-refractivity contribution >= 4 is 11.6 Å². The van der Waals surface area contributed by atoms with Crippen molar-refractivity contribution in [1.29, 1.82) is 0 Å². The maximum Gasteiger partial charge on any atom is 0.247 e. The van der Waals surface area contributed by atoms with Crippen LogP contribution in [-0.4, -0.2) is 28.7 Å². The number of hydrogen-bond acceptors (Lipinski definition) is 5. The van der Waals surface area contributed by atoms with Crippen molar-refractivity contribution in [3.05, 3.63) is 30.2 Å². The Morgan fingerprint density at radius 2 is 2.43 bits per heavy atom. The van der Waals surface area contributed by atoms with Crippen LogP contribution in [0.2, 0.25) is 0 Å². The summed E-state index contributed by atoms with van der Waals surface area (Å²) in [4.78, 5) is 12.0. The lowest BCUT2D eigenvalue weighted by Crippen LogP contribution is -2.27. The highest BCUT2D eigenvalue weighted by Gasteiger charge is 2.18. The van der Waals surface area contributed by atoms with Gasteiger partial charge >= 0.3 is 0 Å². The number of aromatic nitrogens is 2. The van der Waals surface area contributed by atoms with Crippen LogP contribution in [0.25, 0.3) is 11.5 Å². The molecule has 0 spiro atoms. The summed E-state index contributed by atoms with van der Waals surface area (Å²) in [6.07, 6.45) is 4.04. The number of amides is 1. The number of nitrogens with zero attached hydrogens (tertiary/aromatic N) is 2. The Balaban J connectivity index is 1.66. The Morgan fingerprint density at radius 1 is 1.52 bits per heavy atom. The molecule has 3 rings (SSSR count). The first-order valence-corrected chi connectivity index (χ1v) is 7.13. The van der Waals surface area contributed by atoms with Crippen molar-refractivity contribution < 1.29 is 9.21 Å². The molecule has 6 nitrogen and oxygen atoms in total. The van der Waals surface area contributed by atoms with Crippen LogP contribution in [0.1, 0.15) is 24.8 Å². The molecule has 1 aromatic heterocycles. The molecule has 1 fully saturated rings. The van der Waals surface area contributed by atoms with Gasteiger partial charge in [0.15, 0.2) is 0 Å². The van der Waals surface area contributed by atoms with Crippen LogP contribution in [0, 0.1) is 6.92 Å². The molecule has 1 unspecified atom stereocenters. The third-order valence-corrected chi connectivity index (χ3v) is 3.70. The van der Waals surface area contributed by atoms with E-state index in [9.17, 15) is 4.79 Å². The monoisotopic (exact) mass is 286 g/mol. The number of benzene rings is 1. The molecule has 1 atom stereocenters. The maximum absolute atomic E-state index is 12.0. The maximum atomic E-state index is 12.0. The minimum Gasteiger partial charge on any atom is -0.423 e. The van der Waals surface area contributed by atoms with Crippen LogP contribution >= 0.6 is 0 Å². The van der Waals surface area contributed by atoms with Crippen molar-refractivity contribution in [3.63, 3.8) is 0 Å². The van der Waals surface area contributed by atoms with Crippen LogP contribution < -0.4 is 10.6 Å². The van der Waals surface area contributed by atoms with Crippen molar-refractivity contribution in [3.8, 4) is 11.5 Å². The van der Waals surface area contributed by atoms with E-state index in [4.69, 9.17) is 4.42 Å². The molecule has 1 saturated heterocycles. The molecule has 2 heterocycles. The predicted molar refractivity (Wildman–Crippen MR) is 78.7 cm³/mol. The van der Waals surface area contributed by atoms with Gasteiger partial charge in [0.25, 0.3) is 0 Å². The van der Waals surface area contributed by atoms with Gasteiger partial charge in [0.05, 0.1) is 0 Å². The Bertz CT molecular complexity index is 619. The highest BCUT2D eigenvalue weighted by atomic mass is 16.4. The van der Waals surface area contributed by atoms with Gasteiger partial charge in [0, 0.05) is 23.7 Å². The zero-order chi connectivity index (χ0) is 14.7. The van der Waals surface area contributed by atoms with Crippen molar-refractivity contribution in [2.24, 2.45) is 0 Å². The second-order valence-corrected chi connectivity index (χ2v) is 5.32. The number of aryl methyl sites for hydroxylation is 1. The summed E-state index contributed by atoms with van der Waals surface area (Å²) in [5.41, 5.74) is 2.64. The Hall–Kier alpha value is -2.21. The van der Waals surface area contributed by atoms with Crippen LogP contribution in [0.15, 0.2) is 29.0 Å². The highest BCUT2D eigenvalue weighted by molar-refractivity contribution is 5.92. The first-order valence-electron chi connectivity index (χ1n) is 7.13. The van der Waals surface area contributed by atoms with Gasteiger partial charge in [-0.2, -0.15) is 0 Å². The third-order valence-electron chi connectivity index (χ3n) is 3.70. The predicted octanol–water partition coefficient (Wildman–Crippen LogP) is 2.13. The number of anilines is 1. The van der Waals surface area contributed by atoms with E-state index >= 15 is 0 Å². The standard InChI is InChI=1S/C15H18N4O2/c1-10-7-11(15-19-17-9-21-15)4-5-13(10)18-14(20)8-12-3-2-6-16-12/h4-5,7,9,12,16H,2-3,6,8H2,1H3,(H,18,20). The molecule has 1 amide bonds. The molecular formula is C15H18N4O2. The third kappa shape index (κ3) is 3.28. The molecule has 21 heavy (non-hydrogen) atoms. The molecule has 0 aliphatic carbocycles. The van der Waals surface area contributed by atoms with E-state index in [1.54, 1.807) is 0 Å². The molecule has 0 bridgehead atoms. The van der Waals surface area contributed by atoms with Gasteiger partial charge in [-0.1, -0.05) is 0 Å². The van der Waals surface area contributed by atoms with Crippen LogP contribution in [0.3, 0.4) is 0 Å². The van der Waals surface area contributed by atoms with Gasteiger partial charge in [-0.05, 0) is 50.1 Å². The fourth-order valence-electron chi connectivity index (χ4n) is 2.59. The topological polar surface area (TPSA) is 80.1 Å². The molecular weight excluding hydrogens is 268 g/mol. The zero-order valence-electron chi connectivity index (χ0n) is 11.9. The number of rotatable bonds is 4. The summed E-state index contributed by atoms with van der Waals surface area (Å²) < 4.78 is 5.17. The quantitative estimate of drug-likeness (QED) is 0.900. The fraction of sp³-hybridized carbons (Fsp3) is 0.400. The van der Waals surface area contributed by atoms with E-state index in [1.165, 1.54) is 6.39 Å². The summed E-state index contributed by atoms with van der Waals surface area (Å²) >= 11 is 0. The Labute approximate surface area is 123 Å². The number of nitrogens with one attached hydrogen (secondary N) is 2. The number of hydrogen-bond donors (Lipinski definition) is 2. The van der Waals surface area contributed by atoms with Gasteiger partial charge in [-0.15, -0.1) is 10.2 Å². The molecule has 110 valence electrons. The molecule has 2 aromatic rings. The van der Waals surface area contributed by atoms with E-state index in [0.717, 1.165) is 36.2 Å². The summed E-state index contributed by atoms with van der Waals surface area (Å²) in [7, 11) is 0. The van der Waals surface area contributed by atoms with Crippen LogP contribution in [0.4, 0.5) is 5.69 Å². The lowest BCUT2D eigenvalue weighted by atomic mass is 10.1. The fourth-order valence-corrected chi connectivity index (χ4v) is 2.59. The summed E-state index contributed by atoms with van der Waals surface area (Å²) in [5, 5.41) is 13.8. The van der Waals surface area contributed by atoms with Gasteiger partial charge in [0.2, 0.25) is 18.2 Å².